The number of rotatable bonds is 4. The van der Waals surface area contributed by atoms with Crippen molar-refractivity contribution in [1.29, 1.82) is 0 Å². The molecule has 11 aromatic rings. The van der Waals surface area contributed by atoms with Gasteiger partial charge >= 0.3 is 6.85 Å². The lowest BCUT2D eigenvalue weighted by atomic mass is 9.45. The maximum atomic E-state index is 7.30. The van der Waals surface area contributed by atoms with Gasteiger partial charge < -0.3 is 13.5 Å². The number of para-hydroxylation sites is 1. The normalized spacial score (nSPS) is 24.8. The van der Waals surface area contributed by atoms with E-state index in [0.29, 0.717) is 0 Å². The van der Waals surface area contributed by atoms with E-state index in [2.05, 4.69) is 188 Å². The van der Waals surface area contributed by atoms with Crippen molar-refractivity contribution in [2.24, 2.45) is 23.7 Å². The zero-order valence-electron chi connectivity index (χ0n) is 40.2. The second-order valence-corrected chi connectivity index (χ2v) is 23.4. The quantitative estimate of drug-likeness (QED) is 0.127. The summed E-state index contributed by atoms with van der Waals surface area (Å²) in [7, 11) is 0. The van der Waals surface area contributed by atoms with Crippen molar-refractivity contribution in [2.45, 2.75) is 76.5 Å². The van der Waals surface area contributed by atoms with E-state index in [1.165, 1.54) is 154 Å². The molecule has 5 heterocycles. The van der Waals surface area contributed by atoms with Gasteiger partial charge in [0.15, 0.2) is 0 Å². The molecule has 0 amide bonds. The third-order valence-electron chi connectivity index (χ3n) is 19.6. The minimum absolute atomic E-state index is 0.0900. The number of benzene rings is 8. The monoisotopic (exact) mass is 900 g/mol. The summed E-state index contributed by atoms with van der Waals surface area (Å²) in [5.74, 6) is 3.14. The van der Waals surface area contributed by atoms with Gasteiger partial charge in [-0.3, -0.25) is 0 Å². The third-order valence-corrected chi connectivity index (χ3v) is 19.6. The van der Waals surface area contributed by atoms with Crippen molar-refractivity contribution >= 4 is 83.3 Å². The van der Waals surface area contributed by atoms with Gasteiger partial charge in [0.25, 0.3) is 0 Å². The SMILES string of the molecule is CC1C2CCC1CC(C)(c1cc3c4c(c1)c1cc(C5(C)CC=C6CC6C5)ccc1n4B1c4c(cc5c(oc6ccccc65)c4-3)-n3c4ccc(-c5ccccc5)cc4c4cc(-c5ccccc5)cc1c43)C2. The van der Waals surface area contributed by atoms with Crippen LogP contribution in [0.1, 0.15) is 76.8 Å². The second-order valence-electron chi connectivity index (χ2n) is 23.4. The lowest BCUT2D eigenvalue weighted by Gasteiger charge is -2.42. The Balaban J connectivity index is 1.04. The van der Waals surface area contributed by atoms with Crippen LogP contribution in [0, 0.1) is 23.7 Å². The fourth-order valence-electron chi connectivity index (χ4n) is 15.9. The van der Waals surface area contributed by atoms with E-state index in [-0.39, 0.29) is 17.7 Å². The fraction of sp³-hybridized carbons (Fsp3) is 0.242. The lowest BCUT2D eigenvalue weighted by Crippen LogP contribution is -2.55. The molecule has 3 nitrogen and oxygen atoms in total. The number of hydrogen-bond donors (Lipinski definition) is 0. The van der Waals surface area contributed by atoms with Gasteiger partial charge in [-0.05, 0) is 178 Å². The zero-order chi connectivity index (χ0) is 45.9. The molecule has 2 bridgehead atoms. The molecule has 4 unspecified atom stereocenters. The van der Waals surface area contributed by atoms with E-state index in [9.17, 15) is 0 Å². The second kappa shape index (κ2) is 13.2. The minimum Gasteiger partial charge on any atom is -0.455 e. The highest BCUT2D eigenvalue weighted by molar-refractivity contribution is 6.90. The molecule has 0 radical (unpaired) electrons. The number of aromatic nitrogens is 2. The topological polar surface area (TPSA) is 23.0 Å². The van der Waals surface area contributed by atoms with Crippen LogP contribution in [0.25, 0.3) is 105 Å². The summed E-state index contributed by atoms with van der Waals surface area (Å²) in [5, 5.41) is 7.78. The van der Waals surface area contributed by atoms with E-state index >= 15 is 0 Å². The average molecular weight is 901 g/mol. The van der Waals surface area contributed by atoms with Crippen LogP contribution in [0.5, 0.6) is 0 Å². The minimum atomic E-state index is -0.0902. The van der Waals surface area contributed by atoms with E-state index < -0.39 is 0 Å². The molecule has 8 aromatic carbocycles. The van der Waals surface area contributed by atoms with Crippen LogP contribution in [-0.4, -0.2) is 15.9 Å². The fourth-order valence-corrected chi connectivity index (χ4v) is 15.9. The van der Waals surface area contributed by atoms with Gasteiger partial charge in [0.05, 0.1) is 11.0 Å². The molecular formula is C66H53BN2O. The number of nitrogens with zero attached hydrogens (tertiary/aromatic N) is 2. The summed E-state index contributed by atoms with van der Waals surface area (Å²) in [5.41, 5.74) is 23.7. The standard InChI is InChI=1S/C66H53BN2O/c1-37-42-18-19-43(37)35-66(3,34-42)47-31-52-50-30-46(65(2)25-24-41-26-45(41)36-65)21-23-57(50)69-62(52)54(32-47)60-61-58(33-53-48-16-10-11-17-59(48)70-64(53)60)68-56-22-20-40(38-12-6-4-7-13-38)27-49(56)51-28-44(39-14-8-5-9-15-39)29-55(63(51)68)67(61)69/h4-17,20-24,27-33,37,42-43,45H,18-19,25-26,34-36H2,1-3H3. The highest BCUT2D eigenvalue weighted by atomic mass is 16.3. The summed E-state index contributed by atoms with van der Waals surface area (Å²) in [6, 6.07) is 58.6. The first-order valence-electron chi connectivity index (χ1n) is 26.3. The van der Waals surface area contributed by atoms with Gasteiger partial charge in [0, 0.05) is 60.2 Å². The van der Waals surface area contributed by atoms with Crippen molar-refractivity contribution in [1.82, 2.24) is 9.05 Å². The maximum absolute atomic E-state index is 7.30. The predicted molar refractivity (Wildman–Crippen MR) is 293 cm³/mol. The average Bonchev–Trinajstić information content (AvgIpc) is 3.67. The molecule has 70 heavy (non-hydrogen) atoms. The van der Waals surface area contributed by atoms with Crippen molar-refractivity contribution < 1.29 is 4.42 Å². The lowest BCUT2D eigenvalue weighted by molar-refractivity contribution is 0.162. The Morgan fingerprint density at radius 3 is 2.07 bits per heavy atom. The third kappa shape index (κ3) is 4.97. The largest absolute Gasteiger partial charge is 0.455 e. The van der Waals surface area contributed by atoms with Crippen LogP contribution >= 0.6 is 0 Å². The molecule has 4 heteroatoms. The number of fused-ring (bicyclic) bond motifs is 17. The van der Waals surface area contributed by atoms with E-state index in [4.69, 9.17) is 4.42 Å². The van der Waals surface area contributed by atoms with Gasteiger partial charge in [0.1, 0.15) is 11.2 Å². The first-order chi connectivity index (χ1) is 34.3. The van der Waals surface area contributed by atoms with Gasteiger partial charge in [-0.25, -0.2) is 0 Å². The van der Waals surface area contributed by atoms with Crippen LogP contribution in [0.15, 0.2) is 168 Å². The summed E-state index contributed by atoms with van der Waals surface area (Å²) < 4.78 is 12.8. The van der Waals surface area contributed by atoms with Crippen molar-refractivity contribution in [3.05, 3.63) is 174 Å². The van der Waals surface area contributed by atoms with Crippen LogP contribution in [0.3, 0.4) is 0 Å². The molecule has 4 aliphatic carbocycles. The molecule has 0 N–H and O–H groups in total. The molecule has 0 saturated heterocycles. The zero-order valence-corrected chi connectivity index (χ0v) is 40.2. The Bertz CT molecular complexity index is 4170. The highest BCUT2D eigenvalue weighted by Crippen LogP contribution is 2.58. The molecule has 3 aromatic heterocycles. The highest BCUT2D eigenvalue weighted by Gasteiger charge is 2.49. The number of allylic oxidation sites excluding steroid dienone is 2. The van der Waals surface area contributed by atoms with E-state index in [1.54, 1.807) is 5.57 Å². The van der Waals surface area contributed by atoms with Gasteiger partial charge in [-0.15, -0.1) is 0 Å². The molecule has 0 spiro atoms. The van der Waals surface area contributed by atoms with Gasteiger partial charge in [0.2, 0.25) is 0 Å². The van der Waals surface area contributed by atoms with Crippen molar-refractivity contribution in [3.8, 4) is 39.1 Å². The molecule has 6 aliphatic rings. The molecule has 4 atom stereocenters. The molecular weight excluding hydrogens is 848 g/mol. The van der Waals surface area contributed by atoms with Crippen LogP contribution in [0.4, 0.5) is 0 Å². The van der Waals surface area contributed by atoms with Crippen LogP contribution in [-0.2, 0) is 10.8 Å². The van der Waals surface area contributed by atoms with E-state index in [1.807, 2.05) is 0 Å². The molecule has 17 rings (SSSR count). The maximum Gasteiger partial charge on any atom is 0.333 e. The Morgan fingerprint density at radius 1 is 0.571 bits per heavy atom. The molecule has 336 valence electrons. The summed E-state index contributed by atoms with van der Waals surface area (Å²) in [4.78, 5) is 0. The Morgan fingerprint density at radius 2 is 1.27 bits per heavy atom. The van der Waals surface area contributed by atoms with Gasteiger partial charge in [-0.2, -0.15) is 0 Å². The Hall–Kier alpha value is -7.04. The number of hydrogen-bond acceptors (Lipinski definition) is 1. The van der Waals surface area contributed by atoms with Crippen molar-refractivity contribution in [2.75, 3.05) is 0 Å². The van der Waals surface area contributed by atoms with Gasteiger partial charge in [-0.1, -0.05) is 129 Å². The smallest absolute Gasteiger partial charge is 0.333 e. The first-order valence-corrected chi connectivity index (χ1v) is 26.3. The van der Waals surface area contributed by atoms with Crippen LogP contribution in [0.2, 0.25) is 0 Å². The summed E-state index contributed by atoms with van der Waals surface area (Å²) in [6.07, 6.45) is 11.5. The number of furan rings is 1. The molecule has 3 saturated carbocycles. The summed E-state index contributed by atoms with van der Waals surface area (Å²) >= 11 is 0. The Labute approximate surface area is 408 Å². The molecule has 3 fully saturated rings. The first kappa shape index (κ1) is 38.8. The van der Waals surface area contributed by atoms with E-state index in [0.717, 1.165) is 41.3 Å². The summed E-state index contributed by atoms with van der Waals surface area (Å²) in [6.45, 7) is 7.63. The predicted octanol–water partition coefficient (Wildman–Crippen LogP) is 15.8. The Kier molecular flexibility index (Phi) is 7.33. The van der Waals surface area contributed by atoms with Crippen LogP contribution < -0.4 is 10.9 Å². The molecule has 2 aliphatic heterocycles. The van der Waals surface area contributed by atoms with Crippen molar-refractivity contribution in [3.63, 3.8) is 0 Å².